The molecule has 0 aromatic heterocycles. The molecule has 2 amide bonds. The molecule has 5 heteroatoms. The lowest BCUT2D eigenvalue weighted by Crippen LogP contribution is -2.46. The van der Waals surface area contributed by atoms with E-state index < -0.39 is 23.8 Å². The van der Waals surface area contributed by atoms with Crippen LogP contribution in [-0.2, 0) is 19.1 Å². The third-order valence-corrected chi connectivity index (χ3v) is 3.87. The first kappa shape index (κ1) is 17.4. The van der Waals surface area contributed by atoms with Gasteiger partial charge >= 0.3 is 5.97 Å². The number of rotatable bonds is 9. The van der Waals surface area contributed by atoms with Crippen LogP contribution in [0.1, 0.15) is 52.9 Å². The van der Waals surface area contributed by atoms with Crippen molar-refractivity contribution >= 4 is 17.8 Å². The lowest BCUT2D eigenvalue weighted by molar-refractivity contribution is -0.159. The van der Waals surface area contributed by atoms with Crippen molar-refractivity contribution in [3.05, 3.63) is 12.2 Å². The van der Waals surface area contributed by atoms with Gasteiger partial charge in [-0.15, -0.1) is 0 Å². The van der Waals surface area contributed by atoms with Gasteiger partial charge in [0.15, 0.2) is 0 Å². The maximum absolute atomic E-state index is 12.3. The molecule has 0 aromatic carbocycles. The Hall–Kier alpha value is -1.65. The minimum Gasteiger partial charge on any atom is -0.464 e. The zero-order valence-electron chi connectivity index (χ0n) is 13.1. The number of hydrogen-bond acceptors (Lipinski definition) is 4. The summed E-state index contributed by atoms with van der Waals surface area (Å²) in [5.74, 6) is -1.01. The lowest BCUT2D eigenvalue weighted by atomic mass is 10.1. The van der Waals surface area contributed by atoms with Crippen molar-refractivity contribution < 1.29 is 19.1 Å². The highest BCUT2D eigenvalue weighted by molar-refractivity contribution is 6.14. The average Bonchev–Trinajstić information content (AvgIpc) is 2.80. The maximum Gasteiger partial charge on any atom is 0.329 e. The van der Waals surface area contributed by atoms with Gasteiger partial charge < -0.3 is 4.74 Å². The van der Waals surface area contributed by atoms with Crippen molar-refractivity contribution in [1.29, 1.82) is 0 Å². The van der Waals surface area contributed by atoms with Crippen molar-refractivity contribution in [2.75, 3.05) is 6.61 Å². The second-order valence-corrected chi connectivity index (χ2v) is 5.35. The quantitative estimate of drug-likeness (QED) is 0.484. The van der Waals surface area contributed by atoms with E-state index in [1.807, 2.05) is 20.8 Å². The van der Waals surface area contributed by atoms with E-state index in [0.29, 0.717) is 18.9 Å². The van der Waals surface area contributed by atoms with Crippen molar-refractivity contribution in [3.63, 3.8) is 0 Å². The first-order valence-electron chi connectivity index (χ1n) is 7.76. The summed E-state index contributed by atoms with van der Waals surface area (Å²) in [7, 11) is 0. The van der Waals surface area contributed by atoms with E-state index in [1.54, 1.807) is 0 Å². The molecule has 1 atom stereocenters. The maximum atomic E-state index is 12.3. The molecule has 0 bridgehead atoms. The van der Waals surface area contributed by atoms with Crippen LogP contribution in [0.2, 0.25) is 0 Å². The Morgan fingerprint density at radius 2 is 1.71 bits per heavy atom. The number of carbonyl (C=O) groups is 3. The monoisotopic (exact) mass is 295 g/mol. The van der Waals surface area contributed by atoms with Gasteiger partial charge in [-0.25, -0.2) is 4.79 Å². The first-order valence-corrected chi connectivity index (χ1v) is 7.76. The Labute approximate surface area is 126 Å². The molecule has 1 rings (SSSR count). The molecule has 0 saturated carbocycles. The van der Waals surface area contributed by atoms with Gasteiger partial charge in [-0.05, 0) is 12.3 Å². The van der Waals surface area contributed by atoms with Crippen molar-refractivity contribution in [3.8, 4) is 0 Å². The summed E-state index contributed by atoms with van der Waals surface area (Å²) in [6, 6.07) is -0.797. The predicted molar refractivity (Wildman–Crippen MR) is 79.3 cm³/mol. The molecular formula is C16H25NO4. The summed E-state index contributed by atoms with van der Waals surface area (Å²) in [6.07, 6.45) is 6.39. The fourth-order valence-corrected chi connectivity index (χ4v) is 2.29. The number of esters is 1. The van der Waals surface area contributed by atoms with Gasteiger partial charge in [-0.2, -0.15) is 0 Å². The Kier molecular flexibility index (Phi) is 7.12. The molecular weight excluding hydrogens is 270 g/mol. The van der Waals surface area contributed by atoms with Crippen LogP contribution < -0.4 is 0 Å². The molecule has 5 nitrogen and oxygen atoms in total. The molecule has 0 aliphatic carbocycles. The van der Waals surface area contributed by atoms with E-state index in [-0.39, 0.29) is 0 Å². The summed E-state index contributed by atoms with van der Waals surface area (Å²) in [6.45, 7) is 6.44. The smallest absolute Gasteiger partial charge is 0.329 e. The molecule has 0 saturated heterocycles. The second kappa shape index (κ2) is 8.60. The van der Waals surface area contributed by atoms with Crippen LogP contribution in [0.15, 0.2) is 12.2 Å². The van der Waals surface area contributed by atoms with E-state index in [9.17, 15) is 14.4 Å². The number of amides is 2. The minimum absolute atomic E-state index is 0.323. The third-order valence-electron chi connectivity index (χ3n) is 3.87. The van der Waals surface area contributed by atoms with Gasteiger partial charge in [0.25, 0.3) is 11.8 Å². The molecule has 1 unspecified atom stereocenters. The van der Waals surface area contributed by atoms with Gasteiger partial charge in [-0.1, -0.05) is 46.5 Å². The van der Waals surface area contributed by atoms with Crippen LogP contribution in [0.25, 0.3) is 0 Å². The number of unbranched alkanes of at least 4 members (excludes halogenated alkanes) is 1. The molecule has 1 heterocycles. The predicted octanol–water partition coefficient (Wildman–Crippen LogP) is 2.45. The first-order chi connectivity index (χ1) is 10.0. The van der Waals surface area contributed by atoms with Crippen molar-refractivity contribution in [2.45, 2.75) is 58.9 Å². The van der Waals surface area contributed by atoms with Crippen molar-refractivity contribution in [1.82, 2.24) is 4.90 Å². The summed E-state index contributed by atoms with van der Waals surface area (Å²) in [4.78, 5) is 36.8. The topological polar surface area (TPSA) is 63.7 Å². The van der Waals surface area contributed by atoms with Crippen LogP contribution in [0.5, 0.6) is 0 Å². The Balaban J connectivity index is 2.70. The SMILES string of the molecule is CCCCC(C(=O)OCC(CC)CC)N1C(=O)C=CC1=O. The van der Waals surface area contributed by atoms with E-state index in [1.165, 1.54) is 12.2 Å². The molecule has 1 aliphatic rings. The van der Waals surface area contributed by atoms with Crippen LogP contribution in [0.4, 0.5) is 0 Å². The summed E-state index contributed by atoms with van der Waals surface area (Å²) < 4.78 is 5.34. The second-order valence-electron chi connectivity index (χ2n) is 5.35. The molecule has 118 valence electrons. The Morgan fingerprint density at radius 1 is 1.14 bits per heavy atom. The van der Waals surface area contributed by atoms with E-state index in [2.05, 4.69) is 0 Å². The zero-order valence-corrected chi connectivity index (χ0v) is 13.1. The molecule has 21 heavy (non-hydrogen) atoms. The zero-order chi connectivity index (χ0) is 15.8. The molecule has 0 N–H and O–H groups in total. The average molecular weight is 295 g/mol. The van der Waals surface area contributed by atoms with Gasteiger partial charge in [0, 0.05) is 12.2 Å². The van der Waals surface area contributed by atoms with Crippen LogP contribution in [-0.4, -0.2) is 35.3 Å². The molecule has 0 fully saturated rings. The van der Waals surface area contributed by atoms with Crippen LogP contribution >= 0.6 is 0 Å². The Bertz CT molecular complexity index is 395. The summed E-state index contributed by atoms with van der Waals surface area (Å²) >= 11 is 0. The normalized spacial score (nSPS) is 15.9. The molecule has 0 radical (unpaired) electrons. The van der Waals surface area contributed by atoms with Crippen LogP contribution in [0, 0.1) is 5.92 Å². The highest BCUT2D eigenvalue weighted by Crippen LogP contribution is 2.17. The summed E-state index contributed by atoms with van der Waals surface area (Å²) in [5.41, 5.74) is 0. The molecule has 0 aromatic rings. The van der Waals surface area contributed by atoms with Gasteiger partial charge in [0.1, 0.15) is 6.04 Å². The number of imide groups is 1. The van der Waals surface area contributed by atoms with E-state index in [0.717, 1.165) is 30.6 Å². The number of carbonyl (C=O) groups excluding carboxylic acids is 3. The van der Waals surface area contributed by atoms with E-state index >= 15 is 0 Å². The van der Waals surface area contributed by atoms with Crippen LogP contribution in [0.3, 0.4) is 0 Å². The Morgan fingerprint density at radius 3 is 2.19 bits per heavy atom. The van der Waals surface area contributed by atoms with Gasteiger partial charge in [-0.3, -0.25) is 14.5 Å². The fourth-order valence-electron chi connectivity index (χ4n) is 2.29. The minimum atomic E-state index is -0.797. The highest BCUT2D eigenvalue weighted by atomic mass is 16.5. The lowest BCUT2D eigenvalue weighted by Gasteiger charge is -2.25. The fraction of sp³-hybridized carbons (Fsp3) is 0.688. The molecule has 0 spiro atoms. The highest BCUT2D eigenvalue weighted by Gasteiger charge is 2.36. The number of nitrogens with zero attached hydrogens (tertiary/aromatic N) is 1. The van der Waals surface area contributed by atoms with Gasteiger partial charge in [0.2, 0.25) is 0 Å². The third kappa shape index (κ3) is 4.69. The van der Waals surface area contributed by atoms with E-state index in [4.69, 9.17) is 4.74 Å². The van der Waals surface area contributed by atoms with Gasteiger partial charge in [0.05, 0.1) is 6.61 Å². The standard InChI is InChI=1S/C16H25NO4/c1-4-7-8-13(17-14(18)9-10-15(17)19)16(20)21-11-12(5-2)6-3/h9-10,12-13H,4-8,11H2,1-3H3. The number of ether oxygens (including phenoxy) is 1. The largest absolute Gasteiger partial charge is 0.464 e. The molecule has 1 aliphatic heterocycles. The summed E-state index contributed by atoms with van der Waals surface area (Å²) in [5, 5.41) is 0. The van der Waals surface area contributed by atoms with Crippen molar-refractivity contribution in [2.24, 2.45) is 5.92 Å². The number of hydrogen-bond donors (Lipinski definition) is 0.